The maximum Gasteiger partial charge on any atom is 0.307 e. The van der Waals surface area contributed by atoms with Crippen molar-refractivity contribution in [3.05, 3.63) is 27.2 Å². The van der Waals surface area contributed by atoms with Crippen molar-refractivity contribution < 1.29 is 19.5 Å². The fourth-order valence-corrected chi connectivity index (χ4v) is 5.00. The van der Waals surface area contributed by atoms with Gasteiger partial charge in [0.05, 0.1) is 17.4 Å². The summed E-state index contributed by atoms with van der Waals surface area (Å²) >= 11 is 1.39. The highest BCUT2D eigenvalue weighted by molar-refractivity contribution is 7.16. The van der Waals surface area contributed by atoms with Crippen molar-refractivity contribution in [2.45, 2.75) is 65.8 Å². The molecule has 1 aromatic rings. The summed E-state index contributed by atoms with van der Waals surface area (Å²) in [7, 11) is 0. The number of carboxylic acid groups (broad SMARTS) is 1. The van der Waals surface area contributed by atoms with Crippen LogP contribution in [0.3, 0.4) is 0 Å². The molecule has 1 fully saturated rings. The highest BCUT2D eigenvalue weighted by atomic mass is 32.1. The Morgan fingerprint density at radius 2 is 1.68 bits per heavy atom. The number of carboxylic acids is 1. The predicted octanol–water partition coefficient (Wildman–Crippen LogP) is 3.90. The highest BCUT2D eigenvalue weighted by Crippen LogP contribution is 2.38. The van der Waals surface area contributed by atoms with Crippen LogP contribution in [0.5, 0.6) is 0 Å². The summed E-state index contributed by atoms with van der Waals surface area (Å²) in [6.45, 7) is 7.82. The average molecular weight is 405 g/mol. The van der Waals surface area contributed by atoms with Gasteiger partial charge in [0.15, 0.2) is 0 Å². The molecule has 0 radical (unpaired) electrons. The summed E-state index contributed by atoms with van der Waals surface area (Å²) in [4.78, 5) is 38.5. The molecule has 3 N–H and O–H groups in total. The van der Waals surface area contributed by atoms with Crippen molar-refractivity contribution >= 4 is 34.1 Å². The molecule has 2 aliphatic carbocycles. The third-order valence-electron chi connectivity index (χ3n) is 5.86. The molecule has 2 unspecified atom stereocenters. The van der Waals surface area contributed by atoms with Crippen LogP contribution in [0.4, 0.5) is 5.00 Å². The van der Waals surface area contributed by atoms with E-state index in [0.29, 0.717) is 29.8 Å². The van der Waals surface area contributed by atoms with Crippen LogP contribution in [-0.2, 0) is 16.0 Å². The van der Waals surface area contributed by atoms with Gasteiger partial charge in [0, 0.05) is 10.9 Å². The van der Waals surface area contributed by atoms with Gasteiger partial charge in [-0.3, -0.25) is 14.4 Å². The molecule has 1 saturated carbocycles. The number of hydrogen-bond acceptors (Lipinski definition) is 4. The monoisotopic (exact) mass is 404 g/mol. The summed E-state index contributed by atoms with van der Waals surface area (Å²) in [5.74, 6) is -2.78. The maximum absolute atomic E-state index is 13.0. The largest absolute Gasteiger partial charge is 0.481 e. The highest BCUT2D eigenvalue weighted by Gasteiger charge is 2.38. The zero-order chi connectivity index (χ0) is 20.6. The molecular weight excluding hydrogens is 376 g/mol. The summed E-state index contributed by atoms with van der Waals surface area (Å²) in [5, 5.41) is 16.0. The summed E-state index contributed by atoms with van der Waals surface area (Å²) in [6, 6.07) is 0.228. The van der Waals surface area contributed by atoms with Crippen LogP contribution in [0, 0.1) is 18.8 Å². The van der Waals surface area contributed by atoms with Crippen molar-refractivity contribution in [1.29, 1.82) is 0 Å². The van der Waals surface area contributed by atoms with Crippen LogP contribution in [0.25, 0.3) is 0 Å². The van der Waals surface area contributed by atoms with E-state index in [1.165, 1.54) is 11.3 Å². The number of aryl methyl sites for hydroxylation is 1. The number of aliphatic carboxylic acids is 1. The smallest absolute Gasteiger partial charge is 0.307 e. The Balaban J connectivity index is 1.87. The van der Waals surface area contributed by atoms with E-state index in [1.54, 1.807) is 0 Å². The van der Waals surface area contributed by atoms with Crippen LogP contribution in [-0.4, -0.2) is 28.9 Å². The van der Waals surface area contributed by atoms with Crippen molar-refractivity contribution in [3.8, 4) is 0 Å². The molecular formula is C21H28N2O4S. The number of amides is 2. The predicted molar refractivity (Wildman–Crippen MR) is 110 cm³/mol. The van der Waals surface area contributed by atoms with Crippen LogP contribution in [0.1, 0.15) is 67.3 Å². The van der Waals surface area contributed by atoms with Crippen LogP contribution < -0.4 is 10.6 Å². The molecule has 6 nitrogen and oxygen atoms in total. The topological polar surface area (TPSA) is 95.5 Å². The maximum atomic E-state index is 13.0. The van der Waals surface area contributed by atoms with Crippen molar-refractivity contribution in [2.24, 2.45) is 11.8 Å². The molecule has 152 valence electrons. The Kier molecular flexibility index (Phi) is 5.93. The average Bonchev–Trinajstić information content (AvgIpc) is 3.38. The molecule has 0 spiro atoms. The van der Waals surface area contributed by atoms with Gasteiger partial charge < -0.3 is 15.7 Å². The molecule has 2 atom stereocenters. The van der Waals surface area contributed by atoms with Gasteiger partial charge in [-0.2, -0.15) is 0 Å². The lowest BCUT2D eigenvalue weighted by Crippen LogP contribution is -2.37. The Bertz CT molecular complexity index is 851. The summed E-state index contributed by atoms with van der Waals surface area (Å²) in [6.07, 6.45) is 3.51. The third kappa shape index (κ3) is 4.14. The second-order valence-corrected chi connectivity index (χ2v) is 9.18. The summed E-state index contributed by atoms with van der Waals surface area (Å²) in [5.41, 5.74) is 3.60. The number of rotatable bonds is 6. The molecule has 0 bridgehead atoms. The number of allylic oxidation sites excluding steroid dienone is 2. The van der Waals surface area contributed by atoms with Crippen molar-refractivity contribution in [3.63, 3.8) is 0 Å². The van der Waals surface area contributed by atoms with E-state index in [9.17, 15) is 19.5 Å². The van der Waals surface area contributed by atoms with Gasteiger partial charge in [-0.25, -0.2) is 0 Å². The molecule has 2 amide bonds. The molecule has 1 aromatic heterocycles. The lowest BCUT2D eigenvalue weighted by atomic mass is 9.76. The number of hydrogen-bond donors (Lipinski definition) is 3. The van der Waals surface area contributed by atoms with E-state index >= 15 is 0 Å². The first-order valence-electron chi connectivity index (χ1n) is 9.84. The van der Waals surface area contributed by atoms with E-state index in [4.69, 9.17) is 0 Å². The number of carbonyl (C=O) groups excluding carboxylic acids is 2. The van der Waals surface area contributed by atoms with Gasteiger partial charge in [0.2, 0.25) is 5.91 Å². The lowest BCUT2D eigenvalue weighted by molar-refractivity contribution is -0.146. The van der Waals surface area contributed by atoms with Gasteiger partial charge in [-0.05, 0) is 58.4 Å². The molecule has 0 saturated heterocycles. The Morgan fingerprint density at radius 1 is 1.07 bits per heavy atom. The second-order valence-electron chi connectivity index (χ2n) is 7.95. The zero-order valence-electron chi connectivity index (χ0n) is 16.8. The van der Waals surface area contributed by atoms with E-state index in [0.717, 1.165) is 34.4 Å². The van der Waals surface area contributed by atoms with Gasteiger partial charge >= 0.3 is 5.97 Å². The molecule has 0 aromatic carbocycles. The standard InChI is InChI=1S/C21H28N2O4S/c1-5-14-12(4)28-20(17(14)19(25)22-13-6-7-13)23-18(24)15-8-10(2)11(3)9-16(15)21(26)27/h13,15-16H,5-9H2,1-4H3,(H,22,25)(H,23,24)(H,26,27). The Labute approximate surface area is 169 Å². The molecule has 7 heteroatoms. The first-order chi connectivity index (χ1) is 13.2. The number of nitrogens with one attached hydrogen (secondary N) is 2. The Hall–Kier alpha value is -2.15. The zero-order valence-corrected chi connectivity index (χ0v) is 17.7. The fraction of sp³-hybridized carbons (Fsp3) is 0.571. The van der Waals surface area contributed by atoms with Crippen LogP contribution >= 0.6 is 11.3 Å². The molecule has 1 heterocycles. The van der Waals surface area contributed by atoms with Crippen LogP contribution in [0.2, 0.25) is 0 Å². The normalized spacial score (nSPS) is 22.1. The minimum atomic E-state index is -0.949. The van der Waals surface area contributed by atoms with E-state index in [-0.39, 0.29) is 17.9 Å². The quantitative estimate of drug-likeness (QED) is 0.627. The minimum absolute atomic E-state index is 0.149. The van der Waals surface area contributed by atoms with Gasteiger partial charge in [0.1, 0.15) is 5.00 Å². The Morgan fingerprint density at radius 3 is 2.21 bits per heavy atom. The van der Waals surface area contributed by atoms with Gasteiger partial charge in [-0.1, -0.05) is 18.1 Å². The fourth-order valence-electron chi connectivity index (χ4n) is 3.85. The second kappa shape index (κ2) is 8.07. The number of anilines is 1. The first kappa shape index (κ1) is 20.6. The summed E-state index contributed by atoms with van der Waals surface area (Å²) < 4.78 is 0. The third-order valence-corrected chi connectivity index (χ3v) is 6.92. The molecule has 3 rings (SSSR count). The number of thiophene rings is 1. The van der Waals surface area contributed by atoms with Crippen molar-refractivity contribution in [1.82, 2.24) is 5.32 Å². The van der Waals surface area contributed by atoms with E-state index in [2.05, 4.69) is 10.6 Å². The van der Waals surface area contributed by atoms with Gasteiger partial charge in [0.25, 0.3) is 5.91 Å². The van der Waals surface area contributed by atoms with Gasteiger partial charge in [-0.15, -0.1) is 11.3 Å². The van der Waals surface area contributed by atoms with E-state index in [1.807, 2.05) is 27.7 Å². The molecule has 2 aliphatic rings. The first-order valence-corrected chi connectivity index (χ1v) is 10.7. The van der Waals surface area contributed by atoms with Crippen LogP contribution in [0.15, 0.2) is 11.1 Å². The minimum Gasteiger partial charge on any atom is -0.481 e. The number of carbonyl (C=O) groups is 3. The molecule has 28 heavy (non-hydrogen) atoms. The molecule has 0 aliphatic heterocycles. The van der Waals surface area contributed by atoms with E-state index < -0.39 is 17.8 Å². The SMILES string of the molecule is CCc1c(C)sc(NC(=O)C2CC(C)=C(C)CC2C(=O)O)c1C(=O)NC1CC1. The lowest BCUT2D eigenvalue weighted by Gasteiger charge is -2.29. The van der Waals surface area contributed by atoms with Crippen molar-refractivity contribution in [2.75, 3.05) is 5.32 Å².